The number of hydrogen-bond acceptors (Lipinski definition) is 4. The van der Waals surface area contributed by atoms with Crippen molar-refractivity contribution < 1.29 is 18.0 Å². The van der Waals surface area contributed by atoms with Gasteiger partial charge in [0.2, 0.25) is 0 Å². The predicted molar refractivity (Wildman–Crippen MR) is 70.1 cm³/mol. The van der Waals surface area contributed by atoms with Crippen molar-refractivity contribution in [2.24, 2.45) is 0 Å². The molecule has 2 rings (SSSR count). The van der Waals surface area contributed by atoms with Crippen molar-refractivity contribution in [3.8, 4) is 0 Å². The number of aromatic nitrogens is 3. The number of nitrogens with one attached hydrogen (secondary N) is 3. The number of alkyl halides is 3. The summed E-state index contributed by atoms with van der Waals surface area (Å²) in [6.07, 6.45) is -3.36. The van der Waals surface area contributed by atoms with Crippen molar-refractivity contribution in [1.82, 2.24) is 15.2 Å². The van der Waals surface area contributed by atoms with Gasteiger partial charge in [-0.05, 0) is 19.1 Å². The number of amides is 1. The van der Waals surface area contributed by atoms with Crippen molar-refractivity contribution >= 4 is 17.4 Å². The van der Waals surface area contributed by atoms with E-state index in [9.17, 15) is 18.0 Å². The van der Waals surface area contributed by atoms with E-state index in [-0.39, 0.29) is 11.4 Å². The molecule has 3 N–H and O–H groups in total. The Bertz CT molecular complexity index is 648. The van der Waals surface area contributed by atoms with Gasteiger partial charge in [0.05, 0.1) is 17.4 Å². The van der Waals surface area contributed by atoms with Crippen LogP contribution in [0.25, 0.3) is 0 Å². The normalized spacial score (nSPS) is 11.3. The second-order valence-corrected chi connectivity index (χ2v) is 4.21. The molecular formula is C12H12F3N5O. The molecule has 6 nitrogen and oxygen atoms in total. The lowest BCUT2D eigenvalue weighted by atomic mass is 10.1. The molecule has 112 valence electrons. The molecule has 9 heteroatoms. The number of halogens is 3. The van der Waals surface area contributed by atoms with Gasteiger partial charge in [-0.1, -0.05) is 0 Å². The van der Waals surface area contributed by atoms with E-state index in [1.165, 1.54) is 19.2 Å². The van der Waals surface area contributed by atoms with Gasteiger partial charge in [-0.3, -0.25) is 9.89 Å². The van der Waals surface area contributed by atoms with Crippen LogP contribution in [0.1, 0.15) is 21.7 Å². The Morgan fingerprint density at radius 1 is 1.33 bits per heavy atom. The third-order valence-corrected chi connectivity index (χ3v) is 2.72. The van der Waals surface area contributed by atoms with Crippen molar-refractivity contribution in [3.63, 3.8) is 0 Å². The van der Waals surface area contributed by atoms with Crippen molar-refractivity contribution in [1.29, 1.82) is 0 Å². The molecule has 0 fully saturated rings. The number of aromatic amines is 1. The Morgan fingerprint density at radius 2 is 2.05 bits per heavy atom. The monoisotopic (exact) mass is 299 g/mol. The molecule has 0 unspecified atom stereocenters. The standard InChI is InChI=1S/C12H12F3N5O/c1-6-9(10(20-19-6)12(13,14)15)11(21)18-7-3-4-8(16-2)17-5-7/h3-5H,1-2H3,(H,16,17)(H,18,21)(H,19,20). The number of aryl methyl sites for hydroxylation is 1. The lowest BCUT2D eigenvalue weighted by Gasteiger charge is -2.08. The minimum atomic E-state index is -4.70. The van der Waals surface area contributed by atoms with Crippen LogP contribution in [0.5, 0.6) is 0 Å². The number of carbonyl (C=O) groups excluding carboxylic acids is 1. The van der Waals surface area contributed by atoms with Gasteiger partial charge in [0, 0.05) is 12.7 Å². The molecular weight excluding hydrogens is 287 g/mol. The Morgan fingerprint density at radius 3 is 2.57 bits per heavy atom. The first-order valence-corrected chi connectivity index (χ1v) is 5.90. The summed E-state index contributed by atoms with van der Waals surface area (Å²) in [5.41, 5.74) is -1.44. The smallest absolute Gasteiger partial charge is 0.373 e. The average Bonchev–Trinajstić information content (AvgIpc) is 2.81. The van der Waals surface area contributed by atoms with E-state index in [1.54, 1.807) is 13.1 Å². The molecule has 0 aromatic carbocycles. The summed E-state index contributed by atoms with van der Waals surface area (Å²) in [6.45, 7) is 1.35. The topological polar surface area (TPSA) is 82.7 Å². The highest BCUT2D eigenvalue weighted by atomic mass is 19.4. The average molecular weight is 299 g/mol. The van der Waals surface area contributed by atoms with Gasteiger partial charge >= 0.3 is 6.18 Å². The molecule has 0 bridgehead atoms. The van der Waals surface area contributed by atoms with Crippen molar-refractivity contribution in [2.75, 3.05) is 17.7 Å². The quantitative estimate of drug-likeness (QED) is 0.813. The van der Waals surface area contributed by atoms with Crippen LogP contribution in [-0.2, 0) is 6.18 Å². The molecule has 0 atom stereocenters. The van der Waals surface area contributed by atoms with Gasteiger partial charge in [0.25, 0.3) is 5.91 Å². The molecule has 0 saturated carbocycles. The number of carbonyl (C=O) groups is 1. The lowest BCUT2D eigenvalue weighted by Crippen LogP contribution is -2.18. The van der Waals surface area contributed by atoms with E-state index in [0.717, 1.165) is 0 Å². The van der Waals surface area contributed by atoms with Crippen LogP contribution in [0, 0.1) is 6.92 Å². The zero-order chi connectivity index (χ0) is 15.6. The Labute approximate surface area is 117 Å². The fourth-order valence-electron chi connectivity index (χ4n) is 1.72. The largest absolute Gasteiger partial charge is 0.435 e. The highest BCUT2D eigenvalue weighted by molar-refractivity contribution is 6.05. The molecule has 2 aromatic rings. The summed E-state index contributed by atoms with van der Waals surface area (Å²) in [7, 11) is 1.67. The van der Waals surface area contributed by atoms with Crippen molar-refractivity contribution in [2.45, 2.75) is 13.1 Å². The molecule has 2 aromatic heterocycles. The van der Waals surface area contributed by atoms with Crippen LogP contribution in [0.3, 0.4) is 0 Å². The molecule has 0 saturated heterocycles. The number of rotatable bonds is 3. The fourth-order valence-corrected chi connectivity index (χ4v) is 1.72. The molecule has 0 aliphatic carbocycles. The Kier molecular flexibility index (Phi) is 3.83. The maximum atomic E-state index is 12.8. The molecule has 2 heterocycles. The van der Waals surface area contributed by atoms with E-state index in [4.69, 9.17) is 0 Å². The third kappa shape index (κ3) is 3.12. The number of nitrogens with zero attached hydrogens (tertiary/aromatic N) is 2. The number of hydrogen-bond donors (Lipinski definition) is 3. The summed E-state index contributed by atoms with van der Waals surface area (Å²) in [5.74, 6) is -0.323. The molecule has 0 radical (unpaired) electrons. The first-order valence-electron chi connectivity index (χ1n) is 5.90. The zero-order valence-electron chi connectivity index (χ0n) is 11.2. The van der Waals surface area contributed by atoms with Gasteiger partial charge < -0.3 is 10.6 Å². The Balaban J connectivity index is 2.26. The van der Waals surface area contributed by atoms with Gasteiger partial charge in [0.15, 0.2) is 5.69 Å². The summed E-state index contributed by atoms with van der Waals surface area (Å²) in [6, 6.07) is 3.11. The molecule has 1 amide bonds. The minimum Gasteiger partial charge on any atom is -0.373 e. The fraction of sp³-hybridized carbons (Fsp3) is 0.250. The highest BCUT2D eigenvalue weighted by Crippen LogP contribution is 2.31. The van der Waals surface area contributed by atoms with E-state index in [0.29, 0.717) is 5.82 Å². The minimum absolute atomic E-state index is 0.0413. The SMILES string of the molecule is CNc1ccc(NC(=O)c2c(C(F)(F)F)n[nH]c2C)cn1. The van der Waals surface area contributed by atoms with Crippen LogP contribution in [0.4, 0.5) is 24.7 Å². The van der Waals surface area contributed by atoms with Crippen LogP contribution in [-0.4, -0.2) is 28.1 Å². The second kappa shape index (κ2) is 5.43. The summed E-state index contributed by atoms with van der Waals surface area (Å²) >= 11 is 0. The molecule has 21 heavy (non-hydrogen) atoms. The summed E-state index contributed by atoms with van der Waals surface area (Å²) in [4.78, 5) is 16.0. The second-order valence-electron chi connectivity index (χ2n) is 4.21. The maximum Gasteiger partial charge on any atom is 0.435 e. The molecule has 0 aliphatic rings. The van der Waals surface area contributed by atoms with Gasteiger partial charge in [0.1, 0.15) is 5.82 Å². The van der Waals surface area contributed by atoms with E-state index < -0.39 is 23.3 Å². The first-order chi connectivity index (χ1) is 9.82. The van der Waals surface area contributed by atoms with Crippen LogP contribution >= 0.6 is 0 Å². The van der Waals surface area contributed by atoms with Crippen LogP contribution in [0.15, 0.2) is 18.3 Å². The Hall–Kier alpha value is -2.58. The van der Waals surface area contributed by atoms with Crippen LogP contribution < -0.4 is 10.6 Å². The number of H-pyrrole nitrogens is 1. The van der Waals surface area contributed by atoms with Crippen molar-refractivity contribution in [3.05, 3.63) is 35.3 Å². The third-order valence-electron chi connectivity index (χ3n) is 2.72. The number of anilines is 2. The summed E-state index contributed by atoms with van der Waals surface area (Å²) in [5, 5.41) is 10.5. The van der Waals surface area contributed by atoms with Gasteiger partial charge in [-0.2, -0.15) is 18.3 Å². The highest BCUT2D eigenvalue weighted by Gasteiger charge is 2.39. The van der Waals surface area contributed by atoms with E-state index >= 15 is 0 Å². The van der Waals surface area contributed by atoms with Gasteiger partial charge in [-0.25, -0.2) is 4.98 Å². The van der Waals surface area contributed by atoms with Gasteiger partial charge in [-0.15, -0.1) is 0 Å². The first kappa shape index (κ1) is 14.8. The van der Waals surface area contributed by atoms with E-state index in [2.05, 4.69) is 25.8 Å². The predicted octanol–water partition coefficient (Wildman–Crippen LogP) is 2.43. The summed E-state index contributed by atoms with van der Waals surface area (Å²) < 4.78 is 38.3. The maximum absolute atomic E-state index is 12.8. The zero-order valence-corrected chi connectivity index (χ0v) is 11.2. The van der Waals surface area contributed by atoms with Crippen LogP contribution in [0.2, 0.25) is 0 Å². The molecule has 0 aliphatic heterocycles. The van der Waals surface area contributed by atoms with E-state index in [1.807, 2.05) is 0 Å². The number of pyridine rings is 1. The lowest BCUT2D eigenvalue weighted by molar-refractivity contribution is -0.141. The molecule has 0 spiro atoms.